The maximum absolute atomic E-state index is 5.24. The number of methoxy groups -OCH3 is 1. The summed E-state index contributed by atoms with van der Waals surface area (Å²) in [6.45, 7) is 0. The van der Waals surface area contributed by atoms with Crippen molar-refractivity contribution in [3.8, 4) is 5.75 Å². The quantitative estimate of drug-likeness (QED) is 0.799. The Morgan fingerprint density at radius 2 is 1.86 bits per heavy atom. The van der Waals surface area contributed by atoms with Gasteiger partial charge in [-0.15, -0.1) is 0 Å². The molecule has 0 saturated carbocycles. The summed E-state index contributed by atoms with van der Waals surface area (Å²) in [6.07, 6.45) is 1.76. The molecule has 14 heavy (non-hydrogen) atoms. The Morgan fingerprint density at radius 3 is 2.57 bits per heavy atom. The largest absolute Gasteiger partial charge is 0.494 e. The van der Waals surface area contributed by atoms with E-state index >= 15 is 0 Å². The monoisotopic (exact) mass is 315 g/mol. The van der Waals surface area contributed by atoms with E-state index in [2.05, 4.69) is 36.8 Å². The number of hydrogen-bond acceptors (Lipinski definition) is 2. The van der Waals surface area contributed by atoms with Gasteiger partial charge in [0.05, 0.1) is 7.11 Å². The number of ether oxygens (including phenoxy) is 1. The second kappa shape index (κ2) is 3.87. The van der Waals surface area contributed by atoms with Crippen molar-refractivity contribution in [2.75, 3.05) is 7.11 Å². The number of fused-ring (bicyclic) bond motifs is 1. The lowest BCUT2D eigenvalue weighted by Crippen LogP contribution is -1.87. The molecule has 1 aromatic carbocycles. The molecule has 0 bridgehead atoms. The van der Waals surface area contributed by atoms with Gasteiger partial charge in [-0.3, -0.25) is 4.98 Å². The second-order valence-corrected chi connectivity index (χ2v) is 4.66. The molecule has 0 atom stereocenters. The van der Waals surface area contributed by atoms with Crippen LogP contribution in [0, 0.1) is 0 Å². The molecular weight excluding hydrogens is 310 g/mol. The van der Waals surface area contributed by atoms with Crippen LogP contribution in [0.5, 0.6) is 5.75 Å². The molecule has 1 aromatic heterocycles. The van der Waals surface area contributed by atoms with Crippen molar-refractivity contribution in [2.24, 2.45) is 0 Å². The van der Waals surface area contributed by atoms with Crippen molar-refractivity contribution >= 4 is 42.8 Å². The van der Waals surface area contributed by atoms with Gasteiger partial charge in [-0.1, -0.05) is 15.9 Å². The van der Waals surface area contributed by atoms with Crippen LogP contribution in [0.4, 0.5) is 0 Å². The summed E-state index contributed by atoms with van der Waals surface area (Å²) in [6, 6.07) is 5.93. The summed E-state index contributed by atoms with van der Waals surface area (Å²) < 4.78 is 7.19. The molecule has 0 radical (unpaired) electrons. The van der Waals surface area contributed by atoms with Gasteiger partial charge in [0.15, 0.2) is 0 Å². The van der Waals surface area contributed by atoms with E-state index in [4.69, 9.17) is 4.74 Å². The van der Waals surface area contributed by atoms with Crippen LogP contribution in [-0.2, 0) is 0 Å². The lowest BCUT2D eigenvalue weighted by Gasteiger charge is -2.05. The minimum absolute atomic E-state index is 0.780. The molecule has 1 heterocycles. The topological polar surface area (TPSA) is 22.1 Å². The van der Waals surface area contributed by atoms with Crippen molar-refractivity contribution in [2.45, 2.75) is 0 Å². The smallest absolute Gasteiger partial charge is 0.146 e. The highest BCUT2D eigenvalue weighted by atomic mass is 79.9. The van der Waals surface area contributed by atoms with E-state index in [1.807, 2.05) is 18.2 Å². The molecule has 0 aliphatic rings. The van der Waals surface area contributed by atoms with Crippen molar-refractivity contribution < 1.29 is 4.74 Å². The molecule has 2 aromatic rings. The summed E-state index contributed by atoms with van der Waals surface area (Å²) in [7, 11) is 1.64. The molecule has 0 amide bonds. The van der Waals surface area contributed by atoms with Gasteiger partial charge < -0.3 is 4.74 Å². The van der Waals surface area contributed by atoms with Gasteiger partial charge in [0.1, 0.15) is 11.3 Å². The Kier molecular flexibility index (Phi) is 2.74. The Labute approximate surface area is 98.5 Å². The van der Waals surface area contributed by atoms with Crippen LogP contribution in [-0.4, -0.2) is 12.1 Å². The van der Waals surface area contributed by atoms with Crippen molar-refractivity contribution in [3.63, 3.8) is 0 Å². The first-order valence-electron chi connectivity index (χ1n) is 3.99. The average Bonchev–Trinajstić information content (AvgIpc) is 2.15. The number of aromatic nitrogens is 1. The van der Waals surface area contributed by atoms with Crippen LogP contribution in [0.15, 0.2) is 33.3 Å². The SMILES string of the molecule is COc1cc(Br)cc2cc(Br)cnc12. The minimum atomic E-state index is 0.780. The molecule has 0 N–H and O–H groups in total. The first-order chi connectivity index (χ1) is 6.70. The maximum Gasteiger partial charge on any atom is 0.146 e. The van der Waals surface area contributed by atoms with E-state index in [0.717, 1.165) is 25.6 Å². The van der Waals surface area contributed by atoms with Gasteiger partial charge in [0, 0.05) is 20.5 Å². The fourth-order valence-corrected chi connectivity index (χ4v) is 2.11. The molecule has 72 valence electrons. The molecule has 2 nitrogen and oxygen atoms in total. The van der Waals surface area contributed by atoms with Gasteiger partial charge in [-0.2, -0.15) is 0 Å². The van der Waals surface area contributed by atoms with Crippen LogP contribution >= 0.6 is 31.9 Å². The Bertz CT molecular complexity index is 480. The summed E-state index contributed by atoms with van der Waals surface area (Å²) in [4.78, 5) is 4.30. The van der Waals surface area contributed by atoms with E-state index < -0.39 is 0 Å². The fourth-order valence-electron chi connectivity index (χ4n) is 1.31. The van der Waals surface area contributed by atoms with Crippen LogP contribution in [0.1, 0.15) is 0 Å². The van der Waals surface area contributed by atoms with E-state index in [1.165, 1.54) is 0 Å². The number of rotatable bonds is 1. The predicted molar refractivity (Wildman–Crippen MR) is 63.7 cm³/mol. The van der Waals surface area contributed by atoms with E-state index in [1.54, 1.807) is 13.3 Å². The minimum Gasteiger partial charge on any atom is -0.494 e. The zero-order chi connectivity index (χ0) is 10.1. The van der Waals surface area contributed by atoms with Gasteiger partial charge in [-0.25, -0.2) is 0 Å². The van der Waals surface area contributed by atoms with Crippen molar-refractivity contribution in [1.82, 2.24) is 4.98 Å². The van der Waals surface area contributed by atoms with Crippen molar-refractivity contribution in [3.05, 3.63) is 33.3 Å². The third-order valence-corrected chi connectivity index (χ3v) is 2.79. The molecule has 0 unspecified atom stereocenters. The molecule has 0 aliphatic heterocycles. The zero-order valence-corrected chi connectivity index (χ0v) is 10.6. The average molecular weight is 317 g/mol. The predicted octanol–water partition coefficient (Wildman–Crippen LogP) is 3.77. The fraction of sp³-hybridized carbons (Fsp3) is 0.100. The summed E-state index contributed by atoms with van der Waals surface area (Å²) in [5.74, 6) is 0.780. The highest BCUT2D eigenvalue weighted by molar-refractivity contribution is 9.10. The number of pyridine rings is 1. The lowest BCUT2D eigenvalue weighted by atomic mass is 10.2. The van der Waals surface area contributed by atoms with Gasteiger partial charge in [0.2, 0.25) is 0 Å². The Hall–Kier alpha value is -0.610. The molecule has 0 saturated heterocycles. The van der Waals surface area contributed by atoms with Crippen LogP contribution in [0.25, 0.3) is 10.9 Å². The summed E-state index contributed by atoms with van der Waals surface area (Å²) in [5.41, 5.74) is 0.874. The third kappa shape index (κ3) is 1.77. The van der Waals surface area contributed by atoms with E-state index in [0.29, 0.717) is 0 Å². The number of nitrogens with zero attached hydrogens (tertiary/aromatic N) is 1. The molecule has 0 fully saturated rings. The van der Waals surface area contributed by atoms with Crippen molar-refractivity contribution in [1.29, 1.82) is 0 Å². The molecule has 4 heteroatoms. The molecular formula is C10H7Br2NO. The highest BCUT2D eigenvalue weighted by Gasteiger charge is 2.04. The summed E-state index contributed by atoms with van der Waals surface area (Å²) in [5, 5.41) is 1.05. The zero-order valence-electron chi connectivity index (χ0n) is 7.42. The normalized spacial score (nSPS) is 10.5. The first kappa shape index (κ1) is 9.93. The molecule has 0 aliphatic carbocycles. The van der Waals surface area contributed by atoms with Gasteiger partial charge in [-0.05, 0) is 34.1 Å². The lowest BCUT2D eigenvalue weighted by molar-refractivity contribution is 0.418. The first-order valence-corrected chi connectivity index (χ1v) is 5.58. The third-order valence-electron chi connectivity index (χ3n) is 1.90. The van der Waals surface area contributed by atoms with E-state index in [9.17, 15) is 0 Å². The standard InChI is InChI=1S/C10H7Br2NO/c1-14-9-4-7(11)2-6-3-8(12)5-13-10(6)9/h2-5H,1H3. The number of hydrogen-bond donors (Lipinski definition) is 0. The summed E-state index contributed by atoms with van der Waals surface area (Å²) >= 11 is 6.81. The molecule has 2 rings (SSSR count). The molecule has 0 spiro atoms. The second-order valence-electron chi connectivity index (χ2n) is 2.83. The van der Waals surface area contributed by atoms with Crippen LogP contribution in [0.2, 0.25) is 0 Å². The maximum atomic E-state index is 5.24. The van der Waals surface area contributed by atoms with Gasteiger partial charge >= 0.3 is 0 Å². The van der Waals surface area contributed by atoms with Crippen LogP contribution in [0.3, 0.4) is 0 Å². The number of benzene rings is 1. The number of halogens is 2. The Morgan fingerprint density at radius 1 is 1.14 bits per heavy atom. The van der Waals surface area contributed by atoms with E-state index in [-0.39, 0.29) is 0 Å². The van der Waals surface area contributed by atoms with Crippen LogP contribution < -0.4 is 4.74 Å². The van der Waals surface area contributed by atoms with Gasteiger partial charge in [0.25, 0.3) is 0 Å². The highest BCUT2D eigenvalue weighted by Crippen LogP contribution is 2.29. The Balaban J connectivity index is 2.81.